The Hall–Kier alpha value is -0.620. The number of rotatable bonds is 4. The molecule has 0 bridgehead atoms. The van der Waals surface area contributed by atoms with Gasteiger partial charge in [0.25, 0.3) is 6.21 Å². The van der Waals surface area contributed by atoms with Crippen molar-refractivity contribution in [1.82, 2.24) is 0 Å². The molecule has 0 aromatic rings. The Labute approximate surface area is 50.1 Å². The van der Waals surface area contributed by atoms with Gasteiger partial charge < -0.3 is 5.53 Å². The van der Waals surface area contributed by atoms with Crippen LogP contribution in [0, 0.1) is 0 Å². The number of hydrogen-bond donors (Lipinski definition) is 0. The average molecular weight is 112 g/mol. The van der Waals surface area contributed by atoms with Crippen LogP contribution in [0.1, 0.15) is 32.6 Å². The van der Waals surface area contributed by atoms with E-state index in [1.54, 1.807) is 0 Å². The van der Waals surface area contributed by atoms with Gasteiger partial charge in [-0.05, 0) is 6.42 Å². The van der Waals surface area contributed by atoms with Crippen LogP contribution in [0.3, 0.4) is 0 Å². The number of hydrogen-bond acceptors (Lipinski definition) is 0. The summed E-state index contributed by atoms with van der Waals surface area (Å²) in [4.78, 5) is 2.88. The summed E-state index contributed by atoms with van der Waals surface area (Å²) >= 11 is 0. The minimum atomic E-state index is 0.907. The van der Waals surface area contributed by atoms with Crippen LogP contribution >= 0.6 is 0 Å². The van der Waals surface area contributed by atoms with Crippen LogP contribution in [0.4, 0.5) is 0 Å². The lowest BCUT2D eigenvalue weighted by Crippen LogP contribution is -1.76. The highest BCUT2D eigenvalue weighted by molar-refractivity contribution is 5.49. The van der Waals surface area contributed by atoms with E-state index in [1.807, 2.05) is 0 Å². The monoisotopic (exact) mass is 112 g/mol. The topological polar surface area (TPSA) is 36.4 Å². The minimum absolute atomic E-state index is 0.907. The van der Waals surface area contributed by atoms with E-state index in [-0.39, 0.29) is 0 Å². The largest absolute Gasteiger partial charge is 0.362 e. The van der Waals surface area contributed by atoms with Gasteiger partial charge in [-0.25, -0.2) is 0 Å². The van der Waals surface area contributed by atoms with Crippen LogP contribution in [0.25, 0.3) is 5.53 Å². The molecule has 0 aromatic heterocycles. The van der Waals surface area contributed by atoms with E-state index in [9.17, 15) is 0 Å². The van der Waals surface area contributed by atoms with Gasteiger partial charge in [0.1, 0.15) is 0 Å². The van der Waals surface area contributed by atoms with E-state index in [2.05, 4.69) is 11.7 Å². The Morgan fingerprint density at radius 2 is 2.25 bits per heavy atom. The lowest BCUT2D eigenvalue weighted by Gasteiger charge is -1.84. The SMILES string of the molecule is CCCCCC=[N+]=[N-]. The number of unbranched alkanes of at least 4 members (excludes halogenated alkanes) is 3. The van der Waals surface area contributed by atoms with Gasteiger partial charge in [-0.1, -0.05) is 19.8 Å². The van der Waals surface area contributed by atoms with Crippen LogP contribution in [0.2, 0.25) is 0 Å². The molecule has 0 aromatic carbocycles. The first-order valence-corrected chi connectivity index (χ1v) is 3.07. The highest BCUT2D eigenvalue weighted by Crippen LogP contribution is 1.94. The maximum Gasteiger partial charge on any atom is 0.257 e. The van der Waals surface area contributed by atoms with E-state index in [0.717, 1.165) is 12.8 Å². The summed E-state index contributed by atoms with van der Waals surface area (Å²) in [7, 11) is 0. The summed E-state index contributed by atoms with van der Waals surface area (Å²) in [6.45, 7) is 2.15. The molecular weight excluding hydrogens is 100 g/mol. The average Bonchev–Trinajstić information content (AvgIpc) is 1.81. The van der Waals surface area contributed by atoms with Gasteiger partial charge in [0.2, 0.25) is 0 Å². The van der Waals surface area contributed by atoms with Gasteiger partial charge in [0, 0.05) is 6.42 Å². The van der Waals surface area contributed by atoms with Crippen LogP contribution in [-0.2, 0) is 0 Å². The van der Waals surface area contributed by atoms with Gasteiger partial charge in [-0.2, -0.15) is 4.79 Å². The van der Waals surface area contributed by atoms with Gasteiger partial charge in [-0.15, -0.1) is 0 Å². The zero-order valence-electron chi connectivity index (χ0n) is 5.30. The lowest BCUT2D eigenvalue weighted by atomic mass is 10.2. The third-order valence-corrected chi connectivity index (χ3v) is 1.02. The van der Waals surface area contributed by atoms with Crippen LogP contribution in [0.5, 0.6) is 0 Å². The first kappa shape index (κ1) is 7.38. The van der Waals surface area contributed by atoms with Crippen molar-refractivity contribution in [3.8, 4) is 0 Å². The van der Waals surface area contributed by atoms with E-state index in [0.29, 0.717) is 0 Å². The van der Waals surface area contributed by atoms with Crippen molar-refractivity contribution in [3.05, 3.63) is 5.53 Å². The van der Waals surface area contributed by atoms with Crippen LogP contribution < -0.4 is 0 Å². The van der Waals surface area contributed by atoms with Crippen molar-refractivity contribution in [2.75, 3.05) is 0 Å². The molecule has 0 unspecified atom stereocenters. The molecule has 0 atom stereocenters. The second kappa shape index (κ2) is 6.38. The minimum Gasteiger partial charge on any atom is -0.362 e. The third-order valence-electron chi connectivity index (χ3n) is 1.02. The summed E-state index contributed by atoms with van der Waals surface area (Å²) in [5.74, 6) is 0. The molecule has 0 aliphatic rings. The summed E-state index contributed by atoms with van der Waals surface area (Å²) < 4.78 is 0. The molecule has 0 heterocycles. The molecule has 0 N–H and O–H groups in total. The zero-order valence-corrected chi connectivity index (χ0v) is 5.30. The van der Waals surface area contributed by atoms with Crippen molar-refractivity contribution in [1.29, 1.82) is 0 Å². The second-order valence-electron chi connectivity index (χ2n) is 1.79. The maximum absolute atomic E-state index is 7.94. The predicted molar refractivity (Wildman–Crippen MR) is 33.8 cm³/mol. The molecule has 2 heteroatoms. The molecule has 46 valence electrons. The smallest absolute Gasteiger partial charge is 0.257 e. The highest BCUT2D eigenvalue weighted by Gasteiger charge is 1.83. The molecule has 0 saturated heterocycles. The van der Waals surface area contributed by atoms with E-state index < -0.39 is 0 Å². The Morgan fingerprint density at radius 3 is 2.75 bits per heavy atom. The van der Waals surface area contributed by atoms with Crippen molar-refractivity contribution in [2.45, 2.75) is 32.6 Å². The first-order valence-electron chi connectivity index (χ1n) is 3.07. The molecule has 8 heavy (non-hydrogen) atoms. The van der Waals surface area contributed by atoms with E-state index in [4.69, 9.17) is 5.53 Å². The molecular formula is C6H12N2. The molecule has 0 radical (unpaired) electrons. The Bertz CT molecular complexity index is 82.5. The van der Waals surface area contributed by atoms with Crippen molar-refractivity contribution >= 4 is 6.21 Å². The van der Waals surface area contributed by atoms with Crippen molar-refractivity contribution in [3.63, 3.8) is 0 Å². The fraction of sp³-hybridized carbons (Fsp3) is 0.833. The summed E-state index contributed by atoms with van der Waals surface area (Å²) in [5, 5.41) is 0. The quantitative estimate of drug-likeness (QED) is 0.230. The normalized spacial score (nSPS) is 8.12. The fourth-order valence-electron chi connectivity index (χ4n) is 0.543. The standard InChI is InChI=1S/C6H12N2/c1-2-3-4-5-6-8-7/h6H,2-5H2,1H3. The molecule has 0 fully saturated rings. The summed E-state index contributed by atoms with van der Waals surface area (Å²) in [6.07, 6.45) is 6.03. The molecule has 0 amide bonds. The van der Waals surface area contributed by atoms with E-state index >= 15 is 0 Å². The van der Waals surface area contributed by atoms with Gasteiger partial charge in [0.15, 0.2) is 0 Å². The Morgan fingerprint density at radius 1 is 1.50 bits per heavy atom. The van der Waals surface area contributed by atoms with Crippen LogP contribution in [-0.4, -0.2) is 11.0 Å². The molecule has 0 aliphatic heterocycles. The van der Waals surface area contributed by atoms with Crippen molar-refractivity contribution in [2.24, 2.45) is 0 Å². The molecule has 0 spiro atoms. The number of nitrogens with zero attached hydrogens (tertiary/aromatic N) is 2. The molecule has 0 rings (SSSR count). The van der Waals surface area contributed by atoms with Crippen LogP contribution in [0.15, 0.2) is 0 Å². The van der Waals surface area contributed by atoms with Gasteiger partial charge in [0.05, 0.1) is 0 Å². The summed E-state index contributed by atoms with van der Waals surface area (Å²) in [6, 6.07) is 0. The molecule has 0 aliphatic carbocycles. The van der Waals surface area contributed by atoms with E-state index in [1.165, 1.54) is 19.1 Å². The Balaban J connectivity index is 2.82. The zero-order chi connectivity index (χ0) is 6.24. The Kier molecular flexibility index (Phi) is 5.89. The maximum atomic E-state index is 7.94. The van der Waals surface area contributed by atoms with Gasteiger partial charge in [-0.3, -0.25) is 0 Å². The van der Waals surface area contributed by atoms with Gasteiger partial charge >= 0.3 is 0 Å². The molecule has 2 nitrogen and oxygen atoms in total. The van der Waals surface area contributed by atoms with Crippen molar-refractivity contribution < 1.29 is 4.79 Å². The summed E-state index contributed by atoms with van der Waals surface area (Å²) in [5.41, 5.74) is 7.94. The second-order valence-corrected chi connectivity index (χ2v) is 1.79. The third kappa shape index (κ3) is 5.38. The predicted octanol–water partition coefficient (Wildman–Crippen LogP) is 1.87. The fourth-order valence-corrected chi connectivity index (χ4v) is 0.543. The highest BCUT2D eigenvalue weighted by atomic mass is 14.8. The molecule has 0 saturated carbocycles. The first-order chi connectivity index (χ1) is 3.91. The lowest BCUT2D eigenvalue weighted by molar-refractivity contribution is 0.000743.